The van der Waals surface area contributed by atoms with E-state index >= 15 is 0 Å². The number of fused-ring (bicyclic) bond motifs is 1. The van der Waals surface area contributed by atoms with Crippen LogP contribution in [0.1, 0.15) is 18.7 Å². The fraction of sp³-hybridized carbons (Fsp3) is 0.235. The van der Waals surface area contributed by atoms with Gasteiger partial charge in [0.05, 0.1) is 5.39 Å². The zero-order chi connectivity index (χ0) is 18.4. The molecule has 0 aliphatic rings. The molecule has 8 heteroatoms. The number of thiophene rings is 1. The highest BCUT2D eigenvalue weighted by atomic mass is 35.5. The lowest BCUT2D eigenvalue weighted by Gasteiger charge is -2.16. The van der Waals surface area contributed by atoms with Crippen molar-refractivity contribution in [3.05, 3.63) is 44.5 Å². The Hall–Kier alpha value is -1.83. The van der Waals surface area contributed by atoms with Crippen LogP contribution in [0.25, 0.3) is 21.3 Å². The van der Waals surface area contributed by atoms with Gasteiger partial charge in [-0.3, -0.25) is 9.59 Å². The Kier molecular flexibility index (Phi) is 4.66. The Balaban J connectivity index is 2.15. The average molecular weight is 395 g/mol. The van der Waals surface area contributed by atoms with Gasteiger partial charge < -0.3 is 10.1 Å². The van der Waals surface area contributed by atoms with Gasteiger partial charge in [-0.25, -0.2) is 4.98 Å². The van der Waals surface area contributed by atoms with Crippen molar-refractivity contribution in [2.24, 2.45) is 0 Å². The summed E-state index contributed by atoms with van der Waals surface area (Å²) in [4.78, 5) is 32.7. The van der Waals surface area contributed by atoms with Crippen LogP contribution in [0, 0.1) is 6.92 Å². The maximum absolute atomic E-state index is 12.7. The van der Waals surface area contributed by atoms with Gasteiger partial charge >= 0.3 is 5.97 Å². The number of nitrogens with zero attached hydrogens (tertiary/aromatic N) is 1. The number of thioether (sulfide) groups is 1. The van der Waals surface area contributed by atoms with E-state index in [0.717, 1.165) is 27.8 Å². The van der Waals surface area contributed by atoms with Crippen LogP contribution in [0.5, 0.6) is 0 Å². The van der Waals surface area contributed by atoms with Crippen LogP contribution in [-0.4, -0.2) is 25.8 Å². The van der Waals surface area contributed by atoms with Gasteiger partial charge in [0.15, 0.2) is 5.16 Å². The van der Waals surface area contributed by atoms with Crippen molar-refractivity contribution >= 4 is 50.9 Å². The quantitative estimate of drug-likeness (QED) is 0.500. The van der Waals surface area contributed by atoms with Crippen molar-refractivity contribution in [3.63, 3.8) is 0 Å². The molecule has 2 aromatic heterocycles. The molecule has 3 aromatic rings. The first-order chi connectivity index (χ1) is 11.7. The number of hydrogen-bond donors (Lipinski definition) is 2. The van der Waals surface area contributed by atoms with E-state index in [1.807, 2.05) is 19.1 Å². The van der Waals surface area contributed by atoms with Crippen LogP contribution in [0.15, 0.2) is 34.2 Å². The van der Waals surface area contributed by atoms with Gasteiger partial charge in [-0.2, -0.15) is 0 Å². The molecular formula is C17H15ClN2O3S2. The molecular weight excluding hydrogens is 380 g/mol. The molecule has 25 heavy (non-hydrogen) atoms. The predicted molar refractivity (Wildman–Crippen MR) is 103 cm³/mol. The maximum atomic E-state index is 12.7. The zero-order valence-electron chi connectivity index (χ0n) is 13.7. The number of halogens is 1. The number of benzene rings is 1. The lowest BCUT2D eigenvalue weighted by atomic mass is 10.0. The van der Waals surface area contributed by atoms with Crippen LogP contribution < -0.4 is 5.56 Å². The van der Waals surface area contributed by atoms with E-state index in [4.69, 9.17) is 11.6 Å². The number of carbonyl (C=O) groups is 1. The second kappa shape index (κ2) is 6.48. The summed E-state index contributed by atoms with van der Waals surface area (Å²) >= 11 is 8.38. The topological polar surface area (TPSA) is 83.0 Å². The number of carboxylic acids is 1. The molecule has 0 unspecified atom stereocenters. The molecule has 0 bridgehead atoms. The minimum Gasteiger partial charge on any atom is -0.480 e. The molecule has 0 spiro atoms. The van der Waals surface area contributed by atoms with E-state index in [2.05, 4.69) is 9.97 Å². The average Bonchev–Trinajstić information content (AvgIpc) is 2.84. The first-order valence-corrected chi connectivity index (χ1v) is 9.42. The number of carboxylic acid groups (broad SMARTS) is 1. The van der Waals surface area contributed by atoms with Gasteiger partial charge in [0, 0.05) is 15.5 Å². The largest absolute Gasteiger partial charge is 0.480 e. The van der Waals surface area contributed by atoms with E-state index in [9.17, 15) is 14.7 Å². The van der Waals surface area contributed by atoms with Crippen LogP contribution >= 0.6 is 34.7 Å². The summed E-state index contributed by atoms with van der Waals surface area (Å²) in [6.45, 7) is 5.08. The first kappa shape index (κ1) is 18.0. The SMILES string of the molecule is Cc1sc2nc(SC(C)(C)C(=O)O)[nH]c(=O)c2c1-c1ccc(Cl)cc1. The molecule has 5 nitrogen and oxygen atoms in total. The number of H-pyrrole nitrogens is 1. The number of aryl methyl sites for hydroxylation is 1. The molecule has 2 heterocycles. The van der Waals surface area contributed by atoms with Crippen molar-refractivity contribution < 1.29 is 9.90 Å². The Morgan fingerprint density at radius 1 is 1.32 bits per heavy atom. The molecule has 1 aromatic carbocycles. The summed E-state index contributed by atoms with van der Waals surface area (Å²) in [6, 6.07) is 7.29. The molecule has 130 valence electrons. The molecule has 2 N–H and O–H groups in total. The highest BCUT2D eigenvalue weighted by Crippen LogP contribution is 2.37. The molecule has 0 radical (unpaired) electrons. The second-order valence-corrected chi connectivity index (χ2v) is 9.26. The summed E-state index contributed by atoms with van der Waals surface area (Å²) in [7, 11) is 0. The predicted octanol–water partition coefficient (Wildman–Crippen LogP) is 4.57. The van der Waals surface area contributed by atoms with Crippen LogP contribution in [0.2, 0.25) is 5.02 Å². The molecule has 0 saturated heterocycles. The summed E-state index contributed by atoms with van der Waals surface area (Å²) in [5.74, 6) is -0.968. The summed E-state index contributed by atoms with van der Waals surface area (Å²) in [5.41, 5.74) is 1.45. The minimum atomic E-state index is -1.09. The molecule has 0 aliphatic carbocycles. The van der Waals surface area contributed by atoms with Crippen molar-refractivity contribution in [1.29, 1.82) is 0 Å². The molecule has 0 fully saturated rings. The smallest absolute Gasteiger partial charge is 0.319 e. The standard InChI is InChI=1S/C17H15ClN2O3S2/c1-8-11(9-4-6-10(18)7-5-9)12-13(21)19-16(20-14(12)24-8)25-17(2,3)15(22)23/h4-7H,1-3H3,(H,22,23)(H,19,20,21). The van der Waals surface area contributed by atoms with Gasteiger partial charge in [0.2, 0.25) is 0 Å². The lowest BCUT2D eigenvalue weighted by Crippen LogP contribution is -2.27. The van der Waals surface area contributed by atoms with Crippen LogP contribution in [0.4, 0.5) is 0 Å². The highest BCUT2D eigenvalue weighted by molar-refractivity contribution is 8.01. The number of hydrogen-bond acceptors (Lipinski definition) is 5. The van der Waals surface area contributed by atoms with Gasteiger partial charge in [-0.05, 0) is 38.5 Å². The van der Waals surface area contributed by atoms with Gasteiger partial charge in [0.25, 0.3) is 5.56 Å². The van der Waals surface area contributed by atoms with Crippen molar-refractivity contribution in [2.75, 3.05) is 0 Å². The van der Waals surface area contributed by atoms with Gasteiger partial charge in [-0.1, -0.05) is 35.5 Å². The number of rotatable bonds is 4. The van der Waals surface area contributed by atoms with E-state index in [1.54, 1.807) is 26.0 Å². The normalized spacial score (nSPS) is 11.8. The number of nitrogens with one attached hydrogen (secondary N) is 1. The van der Waals surface area contributed by atoms with E-state index < -0.39 is 10.7 Å². The summed E-state index contributed by atoms with van der Waals surface area (Å²) in [6.07, 6.45) is 0. The van der Waals surface area contributed by atoms with Gasteiger partial charge in [0.1, 0.15) is 9.58 Å². The monoisotopic (exact) mass is 394 g/mol. The number of aromatic amines is 1. The summed E-state index contributed by atoms with van der Waals surface area (Å²) < 4.78 is -1.09. The van der Waals surface area contributed by atoms with Crippen molar-refractivity contribution in [3.8, 4) is 11.1 Å². The zero-order valence-corrected chi connectivity index (χ0v) is 16.1. The fourth-order valence-electron chi connectivity index (χ4n) is 2.40. The minimum absolute atomic E-state index is 0.275. The third kappa shape index (κ3) is 3.44. The Morgan fingerprint density at radius 3 is 2.56 bits per heavy atom. The van der Waals surface area contributed by atoms with Crippen molar-refractivity contribution in [2.45, 2.75) is 30.7 Å². The van der Waals surface area contributed by atoms with Crippen LogP contribution in [0.3, 0.4) is 0 Å². The van der Waals surface area contributed by atoms with E-state index in [1.165, 1.54) is 11.3 Å². The van der Waals surface area contributed by atoms with Gasteiger partial charge in [-0.15, -0.1) is 11.3 Å². The lowest BCUT2D eigenvalue weighted by molar-refractivity contribution is -0.138. The van der Waals surface area contributed by atoms with E-state index in [0.29, 0.717) is 20.4 Å². The number of aliphatic carboxylic acids is 1. The Morgan fingerprint density at radius 2 is 1.96 bits per heavy atom. The molecule has 0 aliphatic heterocycles. The second-order valence-electron chi connectivity index (χ2n) is 6.01. The maximum Gasteiger partial charge on any atom is 0.319 e. The Bertz CT molecular complexity index is 1020. The fourth-order valence-corrected chi connectivity index (χ4v) is 4.48. The Labute approximate surface area is 157 Å². The molecule has 0 saturated carbocycles. The molecule has 0 atom stereocenters. The third-order valence-electron chi connectivity index (χ3n) is 3.72. The summed E-state index contributed by atoms with van der Waals surface area (Å²) in [5, 5.41) is 10.7. The third-order valence-corrected chi connectivity index (χ3v) is 6.04. The first-order valence-electron chi connectivity index (χ1n) is 7.41. The van der Waals surface area contributed by atoms with Crippen LogP contribution in [-0.2, 0) is 4.79 Å². The van der Waals surface area contributed by atoms with E-state index in [-0.39, 0.29) is 5.56 Å². The highest BCUT2D eigenvalue weighted by Gasteiger charge is 2.30. The molecule has 0 amide bonds. The van der Waals surface area contributed by atoms with Crippen molar-refractivity contribution in [1.82, 2.24) is 9.97 Å². The number of aromatic nitrogens is 2. The molecule has 3 rings (SSSR count).